The zero-order valence-corrected chi connectivity index (χ0v) is 13.8. The summed E-state index contributed by atoms with van der Waals surface area (Å²) in [6.07, 6.45) is 1.65. The molecule has 0 bridgehead atoms. The predicted molar refractivity (Wildman–Crippen MR) is 89.9 cm³/mol. The Balaban J connectivity index is 2.06. The van der Waals surface area contributed by atoms with Gasteiger partial charge in [-0.25, -0.2) is 0 Å². The second kappa shape index (κ2) is 8.68. The van der Waals surface area contributed by atoms with Crippen LogP contribution >= 0.6 is 0 Å². The summed E-state index contributed by atoms with van der Waals surface area (Å²) in [5.41, 5.74) is 0.869. The first kappa shape index (κ1) is 18.3. The van der Waals surface area contributed by atoms with Crippen molar-refractivity contribution in [1.82, 2.24) is 10.6 Å². The molecule has 0 saturated heterocycles. The minimum absolute atomic E-state index is 0.0178. The van der Waals surface area contributed by atoms with Crippen LogP contribution in [0.5, 0.6) is 0 Å². The lowest BCUT2D eigenvalue weighted by Crippen LogP contribution is -2.49. The molecule has 2 aromatic rings. The molecule has 3 N–H and O–H groups in total. The van der Waals surface area contributed by atoms with Crippen molar-refractivity contribution in [1.29, 1.82) is 0 Å². The van der Waals surface area contributed by atoms with Crippen molar-refractivity contribution in [2.75, 3.05) is 6.54 Å². The summed E-state index contributed by atoms with van der Waals surface area (Å²) in [4.78, 5) is 35.5. The summed E-state index contributed by atoms with van der Waals surface area (Å²) >= 11 is 0. The van der Waals surface area contributed by atoms with Crippen LogP contribution in [0.1, 0.15) is 23.0 Å². The molecule has 1 heterocycles. The third-order valence-corrected chi connectivity index (χ3v) is 3.65. The highest BCUT2D eigenvalue weighted by Crippen LogP contribution is 2.06. The van der Waals surface area contributed by atoms with E-state index in [-0.39, 0.29) is 18.7 Å². The van der Waals surface area contributed by atoms with Gasteiger partial charge in [0.25, 0.3) is 5.91 Å². The molecule has 0 spiro atoms. The van der Waals surface area contributed by atoms with E-state index in [4.69, 9.17) is 9.52 Å². The number of carbonyl (C=O) groups excluding carboxylic acids is 2. The molecule has 0 aliphatic heterocycles. The van der Waals surface area contributed by atoms with E-state index in [9.17, 15) is 14.4 Å². The Morgan fingerprint density at radius 1 is 1.12 bits per heavy atom. The largest absolute Gasteiger partial charge is 0.481 e. The Kier molecular flexibility index (Phi) is 6.33. The lowest BCUT2D eigenvalue weighted by Gasteiger charge is -2.19. The molecule has 1 aromatic heterocycles. The molecular formula is C18H20N2O5. The van der Waals surface area contributed by atoms with Crippen LogP contribution in [0.25, 0.3) is 0 Å². The van der Waals surface area contributed by atoms with Crippen molar-refractivity contribution in [2.45, 2.75) is 19.4 Å². The van der Waals surface area contributed by atoms with Crippen molar-refractivity contribution >= 4 is 17.8 Å². The molecule has 1 aromatic carbocycles. The van der Waals surface area contributed by atoms with Crippen LogP contribution in [0.2, 0.25) is 0 Å². The summed E-state index contributed by atoms with van der Waals surface area (Å²) in [6, 6.07) is 11.5. The van der Waals surface area contributed by atoms with E-state index in [0.29, 0.717) is 0 Å². The predicted octanol–water partition coefficient (Wildman–Crippen LogP) is 1.46. The number of carboxylic acids is 1. The van der Waals surface area contributed by atoms with Gasteiger partial charge in [-0.05, 0) is 17.7 Å². The monoisotopic (exact) mass is 344 g/mol. The van der Waals surface area contributed by atoms with Crippen LogP contribution < -0.4 is 10.6 Å². The van der Waals surface area contributed by atoms with Crippen molar-refractivity contribution in [3.05, 3.63) is 60.1 Å². The number of aliphatic carboxylic acids is 1. The first-order valence-corrected chi connectivity index (χ1v) is 7.86. The smallest absolute Gasteiger partial charge is 0.308 e. The van der Waals surface area contributed by atoms with Crippen molar-refractivity contribution in [3.8, 4) is 0 Å². The minimum Gasteiger partial charge on any atom is -0.481 e. The first-order valence-electron chi connectivity index (χ1n) is 7.86. The standard InChI is InChI=1S/C18H20N2O5/c1-12(18(23)24)11-19-16(21)14(10-13-6-3-2-4-7-13)20-17(22)15-8-5-9-25-15/h2-9,12,14H,10-11H2,1H3,(H,19,21)(H,20,22)(H,23,24). The summed E-state index contributed by atoms with van der Waals surface area (Å²) in [7, 11) is 0. The lowest BCUT2D eigenvalue weighted by molar-refractivity contribution is -0.141. The van der Waals surface area contributed by atoms with Crippen LogP contribution in [0, 0.1) is 5.92 Å². The number of hydrogen-bond donors (Lipinski definition) is 3. The summed E-state index contributed by atoms with van der Waals surface area (Å²) < 4.78 is 5.03. The molecule has 132 valence electrons. The number of nitrogens with one attached hydrogen (secondary N) is 2. The molecular weight excluding hydrogens is 324 g/mol. The van der Waals surface area contributed by atoms with Gasteiger partial charge in [0.05, 0.1) is 12.2 Å². The number of carbonyl (C=O) groups is 3. The number of hydrogen-bond acceptors (Lipinski definition) is 4. The molecule has 2 rings (SSSR count). The average Bonchev–Trinajstić information content (AvgIpc) is 3.14. The molecule has 0 saturated carbocycles. The number of amides is 2. The number of carboxylic acid groups (broad SMARTS) is 1. The quantitative estimate of drug-likeness (QED) is 0.672. The highest BCUT2D eigenvalue weighted by molar-refractivity contribution is 5.95. The topological polar surface area (TPSA) is 109 Å². The summed E-state index contributed by atoms with van der Waals surface area (Å²) in [6.45, 7) is 1.48. The maximum atomic E-state index is 12.4. The van der Waals surface area contributed by atoms with E-state index >= 15 is 0 Å². The molecule has 0 fully saturated rings. The van der Waals surface area contributed by atoms with Gasteiger partial charge in [-0.3, -0.25) is 14.4 Å². The van der Waals surface area contributed by atoms with Gasteiger partial charge < -0.3 is 20.2 Å². The highest BCUT2D eigenvalue weighted by Gasteiger charge is 2.24. The normalized spacial score (nSPS) is 12.8. The summed E-state index contributed by atoms with van der Waals surface area (Å²) in [5.74, 6) is -2.57. The van der Waals surface area contributed by atoms with Gasteiger partial charge in [0.15, 0.2) is 5.76 Å². The minimum atomic E-state index is -1.00. The van der Waals surface area contributed by atoms with E-state index in [0.717, 1.165) is 5.56 Å². The number of benzene rings is 1. The van der Waals surface area contributed by atoms with Crippen LogP contribution in [-0.2, 0) is 16.0 Å². The van der Waals surface area contributed by atoms with Gasteiger partial charge in [-0.15, -0.1) is 0 Å². The zero-order chi connectivity index (χ0) is 18.2. The van der Waals surface area contributed by atoms with Gasteiger partial charge >= 0.3 is 5.97 Å². The van der Waals surface area contributed by atoms with Crippen LogP contribution in [0.4, 0.5) is 0 Å². The number of furan rings is 1. The van der Waals surface area contributed by atoms with Gasteiger partial charge in [0, 0.05) is 13.0 Å². The fraction of sp³-hybridized carbons (Fsp3) is 0.278. The fourth-order valence-electron chi connectivity index (χ4n) is 2.16. The molecule has 0 radical (unpaired) electrons. The Bertz CT molecular complexity index is 712. The second-order valence-electron chi connectivity index (χ2n) is 5.68. The Labute approximate surface area is 145 Å². The first-order chi connectivity index (χ1) is 12.0. The molecule has 2 unspecified atom stereocenters. The van der Waals surface area contributed by atoms with Gasteiger partial charge in [-0.2, -0.15) is 0 Å². The molecule has 7 nitrogen and oxygen atoms in total. The van der Waals surface area contributed by atoms with Crippen LogP contribution in [0.15, 0.2) is 53.1 Å². The van der Waals surface area contributed by atoms with Crippen molar-refractivity contribution in [3.63, 3.8) is 0 Å². The van der Waals surface area contributed by atoms with E-state index < -0.39 is 29.7 Å². The molecule has 7 heteroatoms. The molecule has 2 atom stereocenters. The zero-order valence-electron chi connectivity index (χ0n) is 13.8. The fourth-order valence-corrected chi connectivity index (χ4v) is 2.16. The van der Waals surface area contributed by atoms with Crippen LogP contribution in [0.3, 0.4) is 0 Å². The van der Waals surface area contributed by atoms with E-state index in [1.807, 2.05) is 30.3 Å². The van der Waals surface area contributed by atoms with Gasteiger partial charge in [0.2, 0.25) is 5.91 Å². The summed E-state index contributed by atoms with van der Waals surface area (Å²) in [5, 5.41) is 14.1. The Morgan fingerprint density at radius 3 is 2.44 bits per heavy atom. The van der Waals surface area contributed by atoms with E-state index in [1.54, 1.807) is 6.07 Å². The maximum absolute atomic E-state index is 12.4. The van der Waals surface area contributed by atoms with Gasteiger partial charge in [0.1, 0.15) is 6.04 Å². The van der Waals surface area contributed by atoms with Crippen molar-refractivity contribution < 1.29 is 23.9 Å². The third kappa shape index (κ3) is 5.49. The van der Waals surface area contributed by atoms with Gasteiger partial charge in [-0.1, -0.05) is 37.3 Å². The molecule has 2 amide bonds. The Morgan fingerprint density at radius 2 is 1.84 bits per heavy atom. The molecule has 0 aliphatic rings. The van der Waals surface area contributed by atoms with Crippen molar-refractivity contribution in [2.24, 2.45) is 5.92 Å². The Hall–Kier alpha value is -3.09. The molecule has 0 aliphatic carbocycles. The van der Waals surface area contributed by atoms with Crippen LogP contribution in [-0.4, -0.2) is 35.5 Å². The lowest BCUT2D eigenvalue weighted by atomic mass is 10.0. The SMILES string of the molecule is CC(CNC(=O)C(Cc1ccccc1)NC(=O)c1ccco1)C(=O)O. The highest BCUT2D eigenvalue weighted by atomic mass is 16.4. The second-order valence-corrected chi connectivity index (χ2v) is 5.68. The number of rotatable bonds is 8. The van der Waals surface area contributed by atoms with E-state index in [2.05, 4.69) is 10.6 Å². The average molecular weight is 344 g/mol. The third-order valence-electron chi connectivity index (χ3n) is 3.65. The molecule has 25 heavy (non-hydrogen) atoms. The van der Waals surface area contributed by atoms with E-state index in [1.165, 1.54) is 19.3 Å². The maximum Gasteiger partial charge on any atom is 0.308 e.